The number of methoxy groups -OCH3 is 1. The van der Waals surface area contributed by atoms with Crippen LogP contribution in [0.4, 0.5) is 0 Å². The molecule has 0 aromatic heterocycles. The highest BCUT2D eigenvalue weighted by molar-refractivity contribution is 6.05. The van der Waals surface area contributed by atoms with Gasteiger partial charge >= 0.3 is 0 Å². The molecule has 1 aliphatic rings. The van der Waals surface area contributed by atoms with Crippen LogP contribution in [0.1, 0.15) is 56.3 Å². The van der Waals surface area contributed by atoms with E-state index < -0.39 is 11.5 Å². The van der Waals surface area contributed by atoms with Crippen molar-refractivity contribution in [1.82, 2.24) is 5.32 Å². The van der Waals surface area contributed by atoms with E-state index >= 15 is 0 Å². The fourth-order valence-corrected chi connectivity index (χ4v) is 3.21. The van der Waals surface area contributed by atoms with Crippen molar-refractivity contribution in [2.45, 2.75) is 57.6 Å². The van der Waals surface area contributed by atoms with E-state index in [2.05, 4.69) is 5.32 Å². The summed E-state index contributed by atoms with van der Waals surface area (Å²) in [5.41, 5.74) is -1.23. The lowest BCUT2D eigenvalue weighted by molar-refractivity contribution is -0.135. The predicted octanol–water partition coefficient (Wildman–Crippen LogP) is 2.71. The van der Waals surface area contributed by atoms with Crippen LogP contribution in [0.5, 0.6) is 5.75 Å². The highest BCUT2D eigenvalue weighted by Crippen LogP contribution is 2.37. The van der Waals surface area contributed by atoms with Crippen LogP contribution in [0.25, 0.3) is 0 Å². The molecule has 24 heavy (non-hydrogen) atoms. The van der Waals surface area contributed by atoms with Gasteiger partial charge in [0.15, 0.2) is 5.78 Å². The standard InChI is InChI=1S/C19H27NO4/c1-4-13(2)20-18(22)16-7-5-6-12-19(16,23)17(21)14-8-10-15(24-3)11-9-14/h8-11,13,16,23H,4-7,12H2,1-3H3,(H,20,22). The van der Waals surface area contributed by atoms with E-state index in [1.807, 2.05) is 13.8 Å². The van der Waals surface area contributed by atoms with Gasteiger partial charge in [0, 0.05) is 11.6 Å². The number of Topliss-reactive ketones (excluding diaryl/α,β-unsaturated/α-hetero) is 1. The number of ether oxygens (including phenoxy) is 1. The van der Waals surface area contributed by atoms with Crippen LogP contribution in [-0.2, 0) is 4.79 Å². The molecule has 3 atom stereocenters. The highest BCUT2D eigenvalue weighted by Gasteiger charge is 2.49. The van der Waals surface area contributed by atoms with Gasteiger partial charge in [-0.2, -0.15) is 0 Å². The molecule has 1 aromatic rings. The lowest BCUT2D eigenvalue weighted by atomic mass is 9.71. The van der Waals surface area contributed by atoms with Crippen LogP contribution in [0.15, 0.2) is 24.3 Å². The average Bonchev–Trinajstić information content (AvgIpc) is 2.61. The lowest BCUT2D eigenvalue weighted by Crippen LogP contribution is -2.54. The Bertz CT molecular complexity index is 584. The van der Waals surface area contributed by atoms with Crippen LogP contribution < -0.4 is 10.1 Å². The normalized spacial score (nSPS) is 24.9. The zero-order valence-electron chi connectivity index (χ0n) is 14.7. The minimum atomic E-state index is -1.63. The Kier molecular flexibility index (Phi) is 5.99. The summed E-state index contributed by atoms with van der Waals surface area (Å²) in [7, 11) is 1.56. The van der Waals surface area contributed by atoms with Crippen molar-refractivity contribution in [3.8, 4) is 5.75 Å². The summed E-state index contributed by atoms with van der Waals surface area (Å²) in [6.07, 6.45) is 3.24. The molecule has 1 aliphatic carbocycles. The first kappa shape index (κ1) is 18.5. The Morgan fingerprint density at radius 3 is 2.58 bits per heavy atom. The number of aliphatic hydroxyl groups is 1. The van der Waals surface area contributed by atoms with E-state index in [1.54, 1.807) is 31.4 Å². The molecule has 2 rings (SSSR count). The largest absolute Gasteiger partial charge is 0.497 e. The first-order chi connectivity index (χ1) is 11.4. The quantitative estimate of drug-likeness (QED) is 0.785. The van der Waals surface area contributed by atoms with Gasteiger partial charge in [0.05, 0.1) is 13.0 Å². The summed E-state index contributed by atoms with van der Waals surface area (Å²) in [5.74, 6) is -0.661. The summed E-state index contributed by atoms with van der Waals surface area (Å²) in [6.45, 7) is 3.91. The van der Waals surface area contributed by atoms with Gasteiger partial charge < -0.3 is 15.2 Å². The van der Waals surface area contributed by atoms with E-state index in [-0.39, 0.29) is 17.7 Å². The molecule has 3 unspecified atom stereocenters. The van der Waals surface area contributed by atoms with E-state index in [9.17, 15) is 14.7 Å². The maximum atomic E-state index is 12.9. The fraction of sp³-hybridized carbons (Fsp3) is 0.579. The average molecular weight is 333 g/mol. The Balaban J connectivity index is 2.24. The molecule has 1 saturated carbocycles. The highest BCUT2D eigenvalue weighted by atomic mass is 16.5. The Labute approximate surface area is 143 Å². The third kappa shape index (κ3) is 3.78. The molecule has 2 N–H and O–H groups in total. The van der Waals surface area contributed by atoms with E-state index in [1.165, 1.54) is 0 Å². The molecule has 5 nitrogen and oxygen atoms in total. The summed E-state index contributed by atoms with van der Waals surface area (Å²) < 4.78 is 5.10. The molecule has 0 aliphatic heterocycles. The van der Waals surface area contributed by atoms with E-state index in [0.29, 0.717) is 24.2 Å². The van der Waals surface area contributed by atoms with Crippen LogP contribution in [0, 0.1) is 5.92 Å². The van der Waals surface area contributed by atoms with E-state index in [4.69, 9.17) is 4.74 Å². The van der Waals surface area contributed by atoms with Crippen molar-refractivity contribution in [2.24, 2.45) is 5.92 Å². The van der Waals surface area contributed by atoms with Crippen molar-refractivity contribution in [2.75, 3.05) is 7.11 Å². The molecule has 0 heterocycles. The minimum absolute atomic E-state index is 0.0276. The van der Waals surface area contributed by atoms with Gasteiger partial charge in [-0.25, -0.2) is 0 Å². The van der Waals surface area contributed by atoms with Crippen molar-refractivity contribution < 1.29 is 19.4 Å². The Hall–Kier alpha value is -1.88. The summed E-state index contributed by atoms with van der Waals surface area (Å²) in [4.78, 5) is 25.5. The number of rotatable bonds is 6. The Morgan fingerprint density at radius 2 is 2.00 bits per heavy atom. The van der Waals surface area contributed by atoms with Crippen LogP contribution >= 0.6 is 0 Å². The second-order valence-electron chi connectivity index (χ2n) is 6.60. The summed E-state index contributed by atoms with van der Waals surface area (Å²) in [5, 5.41) is 14.0. The molecule has 1 fully saturated rings. The van der Waals surface area contributed by atoms with Gasteiger partial charge in [0.2, 0.25) is 5.91 Å². The van der Waals surface area contributed by atoms with Crippen molar-refractivity contribution >= 4 is 11.7 Å². The van der Waals surface area contributed by atoms with Crippen LogP contribution in [-0.4, -0.2) is 35.5 Å². The molecular weight excluding hydrogens is 306 g/mol. The molecule has 132 valence electrons. The van der Waals surface area contributed by atoms with E-state index in [0.717, 1.165) is 19.3 Å². The second kappa shape index (κ2) is 7.79. The Morgan fingerprint density at radius 1 is 1.33 bits per heavy atom. The van der Waals surface area contributed by atoms with Gasteiger partial charge in [-0.3, -0.25) is 9.59 Å². The maximum absolute atomic E-state index is 12.9. The van der Waals surface area contributed by atoms with Gasteiger partial charge in [-0.05, 0) is 50.5 Å². The topological polar surface area (TPSA) is 75.6 Å². The van der Waals surface area contributed by atoms with Gasteiger partial charge in [-0.15, -0.1) is 0 Å². The first-order valence-electron chi connectivity index (χ1n) is 8.64. The number of benzene rings is 1. The third-order valence-electron chi connectivity index (χ3n) is 4.94. The number of hydrogen-bond acceptors (Lipinski definition) is 4. The number of carbonyl (C=O) groups is 2. The molecular formula is C19H27NO4. The second-order valence-corrected chi connectivity index (χ2v) is 6.60. The summed E-state index contributed by atoms with van der Waals surface area (Å²) in [6, 6.07) is 6.68. The molecule has 0 spiro atoms. The monoisotopic (exact) mass is 333 g/mol. The number of carbonyl (C=O) groups excluding carboxylic acids is 2. The predicted molar refractivity (Wildman–Crippen MR) is 92.1 cm³/mol. The maximum Gasteiger partial charge on any atom is 0.226 e. The van der Waals surface area contributed by atoms with Crippen molar-refractivity contribution in [3.05, 3.63) is 29.8 Å². The fourth-order valence-electron chi connectivity index (χ4n) is 3.21. The van der Waals surface area contributed by atoms with Gasteiger partial charge in [0.1, 0.15) is 11.4 Å². The van der Waals surface area contributed by atoms with Crippen molar-refractivity contribution in [3.63, 3.8) is 0 Å². The molecule has 0 radical (unpaired) electrons. The SMILES string of the molecule is CCC(C)NC(=O)C1CCCCC1(O)C(=O)c1ccc(OC)cc1. The zero-order valence-corrected chi connectivity index (χ0v) is 14.7. The third-order valence-corrected chi connectivity index (χ3v) is 4.94. The van der Waals surface area contributed by atoms with Crippen LogP contribution in [0.3, 0.4) is 0 Å². The molecule has 0 bridgehead atoms. The van der Waals surface area contributed by atoms with Crippen LogP contribution in [0.2, 0.25) is 0 Å². The molecule has 1 aromatic carbocycles. The molecule has 0 saturated heterocycles. The van der Waals surface area contributed by atoms with Gasteiger partial charge in [0.25, 0.3) is 0 Å². The summed E-state index contributed by atoms with van der Waals surface area (Å²) >= 11 is 0. The number of nitrogens with one attached hydrogen (secondary N) is 1. The number of amides is 1. The van der Waals surface area contributed by atoms with Crippen molar-refractivity contribution in [1.29, 1.82) is 0 Å². The van der Waals surface area contributed by atoms with Gasteiger partial charge in [-0.1, -0.05) is 19.8 Å². The first-order valence-corrected chi connectivity index (χ1v) is 8.64. The number of hydrogen-bond donors (Lipinski definition) is 2. The minimum Gasteiger partial charge on any atom is -0.497 e. The number of ketones is 1. The zero-order chi connectivity index (χ0) is 17.7. The smallest absolute Gasteiger partial charge is 0.226 e. The lowest BCUT2D eigenvalue weighted by Gasteiger charge is -2.38. The molecule has 5 heteroatoms. The molecule has 1 amide bonds.